The van der Waals surface area contributed by atoms with Crippen molar-refractivity contribution in [1.82, 2.24) is 26.1 Å². The first-order chi connectivity index (χ1) is 13.7. The molecule has 2 aliphatic heterocycles. The molecule has 2 aliphatic rings. The maximum atomic E-state index is 13.0. The maximum Gasteiger partial charge on any atom is 0.251 e. The molecule has 3 N–H and O–H groups in total. The summed E-state index contributed by atoms with van der Waals surface area (Å²) in [5.41, 5.74) is 8.57. The molecular weight excluding hydrogens is 357 g/mol. The standard InChI is InChI=1S/C21H26FN5O/c22-18-3-1-17(2-4-18)21(28)24-14-15-7-11-27(12-8-15)20-13-19(25-26-20)16-5-9-23-10-6-16/h1-6,9-10,15,19-20,25-26H,7-8,11-14H2,(H,24,28). The fraction of sp³-hybridized carbons (Fsp3) is 0.429. The summed E-state index contributed by atoms with van der Waals surface area (Å²) < 4.78 is 13.0. The molecule has 2 aromatic rings. The van der Waals surface area contributed by atoms with E-state index in [2.05, 4.69) is 38.2 Å². The second-order valence-electron chi connectivity index (χ2n) is 7.57. The lowest BCUT2D eigenvalue weighted by Crippen LogP contribution is -2.49. The second-order valence-corrected chi connectivity index (χ2v) is 7.57. The van der Waals surface area contributed by atoms with E-state index in [1.165, 1.54) is 29.8 Å². The topological polar surface area (TPSA) is 69.3 Å². The molecule has 6 nitrogen and oxygen atoms in total. The Morgan fingerprint density at radius 1 is 1.11 bits per heavy atom. The Hall–Kier alpha value is -2.35. The van der Waals surface area contributed by atoms with Gasteiger partial charge in [-0.3, -0.25) is 14.7 Å². The zero-order chi connectivity index (χ0) is 19.3. The highest BCUT2D eigenvalue weighted by Gasteiger charge is 2.31. The van der Waals surface area contributed by atoms with Crippen LogP contribution in [0.4, 0.5) is 4.39 Å². The summed E-state index contributed by atoms with van der Waals surface area (Å²) in [5.74, 6) is 0.0143. The van der Waals surface area contributed by atoms with Crippen molar-refractivity contribution < 1.29 is 9.18 Å². The molecule has 2 fully saturated rings. The lowest BCUT2D eigenvalue weighted by molar-refractivity contribution is 0.0914. The van der Waals surface area contributed by atoms with Crippen molar-refractivity contribution in [3.8, 4) is 0 Å². The Balaban J connectivity index is 1.21. The SMILES string of the molecule is O=C(NCC1CCN(C2CC(c3ccncc3)NN2)CC1)c1ccc(F)cc1. The van der Waals surface area contributed by atoms with Crippen LogP contribution in [-0.4, -0.2) is 41.6 Å². The third-order valence-corrected chi connectivity index (χ3v) is 5.74. The van der Waals surface area contributed by atoms with Crippen LogP contribution in [0.3, 0.4) is 0 Å². The number of carbonyl (C=O) groups is 1. The highest BCUT2D eigenvalue weighted by molar-refractivity contribution is 5.94. The van der Waals surface area contributed by atoms with Gasteiger partial charge in [-0.2, -0.15) is 0 Å². The van der Waals surface area contributed by atoms with Crippen LogP contribution in [0.5, 0.6) is 0 Å². The molecule has 3 heterocycles. The number of rotatable bonds is 5. The van der Waals surface area contributed by atoms with E-state index in [0.717, 1.165) is 32.4 Å². The van der Waals surface area contributed by atoms with Gasteiger partial charge in [0.1, 0.15) is 5.82 Å². The van der Waals surface area contributed by atoms with Crippen LogP contribution in [-0.2, 0) is 0 Å². The first-order valence-electron chi connectivity index (χ1n) is 9.88. The number of hydrogen-bond acceptors (Lipinski definition) is 5. The number of halogens is 1. The minimum absolute atomic E-state index is 0.135. The zero-order valence-corrected chi connectivity index (χ0v) is 15.8. The van der Waals surface area contributed by atoms with Crippen molar-refractivity contribution in [3.05, 3.63) is 65.7 Å². The van der Waals surface area contributed by atoms with Crippen molar-refractivity contribution in [2.75, 3.05) is 19.6 Å². The predicted octanol–water partition coefficient (Wildman–Crippen LogP) is 2.23. The molecule has 148 valence electrons. The van der Waals surface area contributed by atoms with Crippen molar-refractivity contribution in [2.24, 2.45) is 5.92 Å². The number of benzene rings is 1. The van der Waals surface area contributed by atoms with E-state index in [9.17, 15) is 9.18 Å². The molecule has 28 heavy (non-hydrogen) atoms. The number of nitrogens with one attached hydrogen (secondary N) is 3. The van der Waals surface area contributed by atoms with Crippen LogP contribution in [0.1, 0.15) is 41.2 Å². The van der Waals surface area contributed by atoms with E-state index in [-0.39, 0.29) is 11.7 Å². The van der Waals surface area contributed by atoms with Crippen LogP contribution in [0.25, 0.3) is 0 Å². The van der Waals surface area contributed by atoms with E-state index in [1.54, 1.807) is 0 Å². The van der Waals surface area contributed by atoms with Crippen LogP contribution in [0, 0.1) is 11.7 Å². The van der Waals surface area contributed by atoms with Crippen molar-refractivity contribution in [2.45, 2.75) is 31.5 Å². The summed E-state index contributed by atoms with van der Waals surface area (Å²) in [7, 11) is 0. The molecule has 0 spiro atoms. The van der Waals surface area contributed by atoms with E-state index in [0.29, 0.717) is 30.2 Å². The molecule has 4 rings (SSSR count). The molecule has 0 radical (unpaired) electrons. The first kappa shape index (κ1) is 19.0. The summed E-state index contributed by atoms with van der Waals surface area (Å²) in [6, 6.07) is 10.1. The number of nitrogens with zero attached hydrogens (tertiary/aromatic N) is 2. The van der Waals surface area contributed by atoms with Gasteiger partial charge in [0.05, 0.1) is 6.17 Å². The molecule has 0 bridgehead atoms. The van der Waals surface area contributed by atoms with Crippen molar-refractivity contribution >= 4 is 5.91 Å². The Morgan fingerprint density at radius 2 is 1.82 bits per heavy atom. The Kier molecular flexibility index (Phi) is 5.95. The zero-order valence-electron chi connectivity index (χ0n) is 15.8. The van der Waals surface area contributed by atoms with Crippen LogP contribution in [0.15, 0.2) is 48.8 Å². The lowest BCUT2D eigenvalue weighted by atomic mass is 9.95. The average molecular weight is 383 g/mol. The van der Waals surface area contributed by atoms with Crippen molar-refractivity contribution in [3.63, 3.8) is 0 Å². The first-order valence-corrected chi connectivity index (χ1v) is 9.88. The highest BCUT2D eigenvalue weighted by Crippen LogP contribution is 2.26. The van der Waals surface area contributed by atoms with Gasteiger partial charge in [-0.1, -0.05) is 0 Å². The molecule has 2 atom stereocenters. The number of piperidine rings is 1. The van der Waals surface area contributed by atoms with Gasteiger partial charge in [-0.15, -0.1) is 0 Å². The smallest absolute Gasteiger partial charge is 0.251 e. The van der Waals surface area contributed by atoms with E-state index < -0.39 is 0 Å². The summed E-state index contributed by atoms with van der Waals surface area (Å²) >= 11 is 0. The molecule has 1 amide bonds. The monoisotopic (exact) mass is 383 g/mol. The van der Waals surface area contributed by atoms with Crippen LogP contribution < -0.4 is 16.2 Å². The fourth-order valence-corrected chi connectivity index (χ4v) is 4.00. The third-order valence-electron chi connectivity index (χ3n) is 5.74. The Morgan fingerprint density at radius 3 is 2.54 bits per heavy atom. The van der Waals surface area contributed by atoms with E-state index in [1.807, 2.05) is 12.4 Å². The molecule has 2 unspecified atom stereocenters. The quantitative estimate of drug-likeness (QED) is 0.739. The minimum atomic E-state index is -0.329. The van der Waals surface area contributed by atoms with Gasteiger partial charge in [0.15, 0.2) is 0 Å². The van der Waals surface area contributed by atoms with Gasteiger partial charge in [0.25, 0.3) is 5.91 Å². The Labute approximate surface area is 164 Å². The molecular formula is C21H26FN5O. The largest absolute Gasteiger partial charge is 0.352 e. The second kappa shape index (κ2) is 8.77. The molecule has 1 aromatic carbocycles. The molecule has 0 aliphatic carbocycles. The van der Waals surface area contributed by atoms with Crippen LogP contribution in [0.2, 0.25) is 0 Å². The average Bonchev–Trinajstić information content (AvgIpc) is 3.24. The fourth-order valence-electron chi connectivity index (χ4n) is 4.00. The van der Waals surface area contributed by atoms with Gasteiger partial charge >= 0.3 is 0 Å². The maximum absolute atomic E-state index is 13.0. The summed E-state index contributed by atoms with van der Waals surface area (Å²) in [5, 5.41) is 2.99. The molecule has 7 heteroatoms. The molecule has 1 aromatic heterocycles. The Bertz CT molecular complexity index is 777. The van der Waals surface area contributed by atoms with Gasteiger partial charge in [-0.05, 0) is 80.2 Å². The number of aromatic nitrogens is 1. The summed E-state index contributed by atoms with van der Waals surface area (Å²) in [6.07, 6.45) is 7.12. The third kappa shape index (κ3) is 4.55. The lowest BCUT2D eigenvalue weighted by Gasteiger charge is -2.35. The highest BCUT2D eigenvalue weighted by atomic mass is 19.1. The van der Waals surface area contributed by atoms with Gasteiger partial charge < -0.3 is 5.32 Å². The van der Waals surface area contributed by atoms with E-state index >= 15 is 0 Å². The summed E-state index contributed by atoms with van der Waals surface area (Å²) in [6.45, 7) is 2.69. The van der Waals surface area contributed by atoms with Crippen LogP contribution >= 0.6 is 0 Å². The normalized spacial score (nSPS) is 23.6. The number of likely N-dealkylation sites (tertiary alicyclic amines) is 1. The van der Waals surface area contributed by atoms with Crippen molar-refractivity contribution in [1.29, 1.82) is 0 Å². The molecule has 0 saturated carbocycles. The van der Waals surface area contributed by atoms with E-state index in [4.69, 9.17) is 0 Å². The number of hydrazine groups is 1. The number of pyridine rings is 1. The molecule has 2 saturated heterocycles. The van der Waals surface area contributed by atoms with Gasteiger partial charge in [0, 0.05) is 30.5 Å². The van der Waals surface area contributed by atoms with Gasteiger partial charge in [-0.25, -0.2) is 15.2 Å². The van der Waals surface area contributed by atoms with Gasteiger partial charge in [0.2, 0.25) is 0 Å². The number of hydrogen-bond donors (Lipinski definition) is 3. The predicted molar refractivity (Wildman–Crippen MR) is 105 cm³/mol. The minimum Gasteiger partial charge on any atom is -0.352 e. The summed E-state index contributed by atoms with van der Waals surface area (Å²) in [4.78, 5) is 18.7. The number of carbonyl (C=O) groups excluding carboxylic acids is 1. The number of amides is 1.